The van der Waals surface area contributed by atoms with E-state index in [0.717, 1.165) is 11.1 Å². The summed E-state index contributed by atoms with van der Waals surface area (Å²) in [7, 11) is 4.70. The summed E-state index contributed by atoms with van der Waals surface area (Å²) in [5.74, 6) is 0.378. The molecule has 6 nitrogen and oxygen atoms in total. The van der Waals surface area contributed by atoms with Crippen molar-refractivity contribution in [1.82, 2.24) is 0 Å². The maximum absolute atomic E-state index is 10.7. The topological polar surface area (TPSA) is 91.0 Å². The highest BCUT2D eigenvalue weighted by Gasteiger charge is 2.18. The first-order valence-corrected chi connectivity index (χ1v) is 6.24. The Morgan fingerprint density at radius 1 is 1.30 bits per heavy atom. The molecule has 112 valence electrons. The Morgan fingerprint density at radius 3 is 2.50 bits per heavy atom. The van der Waals surface area contributed by atoms with Crippen LogP contribution >= 0.6 is 0 Å². The molecule has 0 aliphatic rings. The van der Waals surface area contributed by atoms with E-state index in [2.05, 4.69) is 0 Å². The van der Waals surface area contributed by atoms with Gasteiger partial charge in [-0.1, -0.05) is 0 Å². The van der Waals surface area contributed by atoms with E-state index in [1.807, 2.05) is 6.07 Å². The quantitative estimate of drug-likeness (QED) is 0.754. The molecule has 0 aromatic heterocycles. The molecule has 0 fully saturated rings. The van der Waals surface area contributed by atoms with E-state index in [-0.39, 0.29) is 6.42 Å². The SMILES string of the molecule is COCc1cc(OC)cc(C(N)CCC(=O)O)c1OC. The number of nitrogens with two attached hydrogens (primary N) is 1. The number of methoxy groups -OCH3 is 3. The van der Waals surface area contributed by atoms with Gasteiger partial charge >= 0.3 is 5.97 Å². The van der Waals surface area contributed by atoms with Gasteiger partial charge in [0, 0.05) is 30.7 Å². The predicted molar refractivity (Wildman–Crippen MR) is 74.1 cm³/mol. The van der Waals surface area contributed by atoms with Crippen LogP contribution in [0.1, 0.15) is 30.0 Å². The van der Waals surface area contributed by atoms with Crippen LogP contribution < -0.4 is 15.2 Å². The number of hydrogen-bond donors (Lipinski definition) is 2. The average Bonchev–Trinajstić information content (AvgIpc) is 2.44. The Labute approximate surface area is 118 Å². The van der Waals surface area contributed by atoms with Crippen LogP contribution in [0, 0.1) is 0 Å². The minimum atomic E-state index is -0.876. The largest absolute Gasteiger partial charge is 0.497 e. The van der Waals surface area contributed by atoms with Crippen molar-refractivity contribution in [1.29, 1.82) is 0 Å². The zero-order valence-electron chi connectivity index (χ0n) is 12.0. The van der Waals surface area contributed by atoms with Gasteiger partial charge in [-0.05, 0) is 18.6 Å². The van der Waals surface area contributed by atoms with Crippen LogP contribution in [0.25, 0.3) is 0 Å². The Morgan fingerprint density at radius 2 is 2.00 bits per heavy atom. The second-order valence-electron chi connectivity index (χ2n) is 4.38. The molecular formula is C14H21NO5. The number of benzene rings is 1. The van der Waals surface area contributed by atoms with Crippen LogP contribution in [-0.2, 0) is 16.1 Å². The Kier molecular flexibility index (Phi) is 6.27. The summed E-state index contributed by atoms with van der Waals surface area (Å²) in [6.45, 7) is 0.360. The molecule has 0 amide bonds. The van der Waals surface area contributed by atoms with Crippen molar-refractivity contribution in [2.45, 2.75) is 25.5 Å². The second-order valence-corrected chi connectivity index (χ2v) is 4.38. The highest BCUT2D eigenvalue weighted by Crippen LogP contribution is 2.34. The number of carboxylic acid groups (broad SMARTS) is 1. The molecule has 0 saturated heterocycles. The van der Waals surface area contributed by atoms with Crippen LogP contribution in [0.2, 0.25) is 0 Å². The third-order valence-electron chi connectivity index (χ3n) is 2.98. The molecule has 0 saturated carbocycles. The molecule has 0 spiro atoms. The fourth-order valence-corrected chi connectivity index (χ4v) is 2.02. The first-order chi connectivity index (χ1) is 9.53. The summed E-state index contributed by atoms with van der Waals surface area (Å²) in [6, 6.07) is 3.15. The van der Waals surface area contributed by atoms with Gasteiger partial charge in [-0.15, -0.1) is 0 Å². The van der Waals surface area contributed by atoms with Crippen molar-refractivity contribution in [3.05, 3.63) is 23.3 Å². The molecule has 0 heterocycles. The van der Waals surface area contributed by atoms with E-state index in [0.29, 0.717) is 24.5 Å². The third-order valence-corrected chi connectivity index (χ3v) is 2.98. The number of hydrogen-bond acceptors (Lipinski definition) is 5. The molecular weight excluding hydrogens is 262 g/mol. The lowest BCUT2D eigenvalue weighted by Crippen LogP contribution is -2.14. The van der Waals surface area contributed by atoms with Crippen LogP contribution in [0.4, 0.5) is 0 Å². The molecule has 0 aliphatic carbocycles. The Balaban J connectivity index is 3.13. The van der Waals surface area contributed by atoms with E-state index in [1.165, 1.54) is 0 Å². The lowest BCUT2D eigenvalue weighted by molar-refractivity contribution is -0.137. The van der Waals surface area contributed by atoms with Gasteiger partial charge in [-0.2, -0.15) is 0 Å². The molecule has 1 unspecified atom stereocenters. The summed E-state index contributed by atoms with van der Waals surface area (Å²) in [4.78, 5) is 10.7. The molecule has 1 rings (SSSR count). The molecule has 0 radical (unpaired) electrons. The highest BCUT2D eigenvalue weighted by atomic mass is 16.5. The Hall–Kier alpha value is -1.79. The average molecular weight is 283 g/mol. The summed E-state index contributed by atoms with van der Waals surface area (Å²) < 4.78 is 15.8. The highest BCUT2D eigenvalue weighted by molar-refractivity contribution is 5.66. The monoisotopic (exact) mass is 283 g/mol. The minimum Gasteiger partial charge on any atom is -0.497 e. The van der Waals surface area contributed by atoms with Crippen LogP contribution in [0.15, 0.2) is 12.1 Å². The summed E-state index contributed by atoms with van der Waals surface area (Å²) >= 11 is 0. The number of rotatable bonds is 8. The van der Waals surface area contributed by atoms with Crippen LogP contribution in [-0.4, -0.2) is 32.4 Å². The molecule has 1 aromatic carbocycles. The van der Waals surface area contributed by atoms with Gasteiger partial charge in [-0.3, -0.25) is 4.79 Å². The molecule has 1 atom stereocenters. The first kappa shape index (κ1) is 16.3. The normalized spacial score (nSPS) is 12.0. The van der Waals surface area contributed by atoms with Crippen molar-refractivity contribution in [3.8, 4) is 11.5 Å². The van der Waals surface area contributed by atoms with Gasteiger partial charge in [0.2, 0.25) is 0 Å². The Bertz CT molecular complexity index is 461. The van der Waals surface area contributed by atoms with Crippen molar-refractivity contribution in [2.75, 3.05) is 21.3 Å². The van der Waals surface area contributed by atoms with Gasteiger partial charge < -0.3 is 25.1 Å². The van der Waals surface area contributed by atoms with Crippen LogP contribution in [0.3, 0.4) is 0 Å². The zero-order chi connectivity index (χ0) is 15.1. The maximum Gasteiger partial charge on any atom is 0.303 e. The fraction of sp³-hybridized carbons (Fsp3) is 0.500. The van der Waals surface area contributed by atoms with E-state index < -0.39 is 12.0 Å². The van der Waals surface area contributed by atoms with Crippen molar-refractivity contribution in [2.24, 2.45) is 5.73 Å². The lowest BCUT2D eigenvalue weighted by Gasteiger charge is -2.19. The number of aliphatic carboxylic acids is 1. The fourth-order valence-electron chi connectivity index (χ4n) is 2.02. The molecule has 1 aromatic rings. The molecule has 6 heteroatoms. The summed E-state index contributed by atoms with van der Waals surface area (Å²) in [5, 5.41) is 8.74. The standard InChI is InChI=1S/C14H21NO5/c1-18-8-9-6-10(19-2)7-11(14(9)20-3)12(15)4-5-13(16)17/h6-7,12H,4-5,8,15H2,1-3H3,(H,16,17). The number of carboxylic acids is 1. The molecule has 3 N–H and O–H groups in total. The van der Waals surface area contributed by atoms with Gasteiger partial charge in [0.05, 0.1) is 20.8 Å². The van der Waals surface area contributed by atoms with Crippen molar-refractivity contribution in [3.63, 3.8) is 0 Å². The van der Waals surface area contributed by atoms with Gasteiger partial charge in [0.1, 0.15) is 11.5 Å². The van der Waals surface area contributed by atoms with Gasteiger partial charge in [0.15, 0.2) is 0 Å². The second kappa shape index (κ2) is 7.72. The lowest BCUT2D eigenvalue weighted by atomic mass is 9.98. The first-order valence-electron chi connectivity index (χ1n) is 6.24. The predicted octanol–water partition coefficient (Wildman–Crippen LogP) is 1.71. The van der Waals surface area contributed by atoms with E-state index in [9.17, 15) is 4.79 Å². The van der Waals surface area contributed by atoms with Crippen molar-refractivity contribution >= 4 is 5.97 Å². The van der Waals surface area contributed by atoms with E-state index in [4.69, 9.17) is 25.1 Å². The molecule has 20 heavy (non-hydrogen) atoms. The van der Waals surface area contributed by atoms with Gasteiger partial charge in [-0.25, -0.2) is 0 Å². The van der Waals surface area contributed by atoms with Gasteiger partial charge in [0.25, 0.3) is 0 Å². The number of ether oxygens (including phenoxy) is 3. The summed E-state index contributed by atoms with van der Waals surface area (Å²) in [5.41, 5.74) is 7.61. The van der Waals surface area contributed by atoms with Crippen molar-refractivity contribution < 1.29 is 24.1 Å². The maximum atomic E-state index is 10.7. The van der Waals surface area contributed by atoms with E-state index >= 15 is 0 Å². The van der Waals surface area contributed by atoms with E-state index in [1.54, 1.807) is 27.4 Å². The summed E-state index contributed by atoms with van der Waals surface area (Å²) in [6.07, 6.45) is 0.326. The minimum absolute atomic E-state index is 0.00113. The number of carbonyl (C=O) groups is 1. The van der Waals surface area contributed by atoms with Crippen LogP contribution in [0.5, 0.6) is 11.5 Å². The molecule has 0 aliphatic heterocycles. The third kappa shape index (κ3) is 4.11. The zero-order valence-corrected chi connectivity index (χ0v) is 12.0. The molecule has 0 bridgehead atoms. The smallest absolute Gasteiger partial charge is 0.303 e.